The second kappa shape index (κ2) is 10.5. The lowest BCUT2D eigenvalue weighted by atomic mass is 9.98. The van der Waals surface area contributed by atoms with E-state index in [4.69, 9.17) is 14.4 Å². The van der Waals surface area contributed by atoms with Crippen molar-refractivity contribution in [3.05, 3.63) is 164 Å². The molecular formula is C44H27N3O. The highest BCUT2D eigenvalue weighted by atomic mass is 16.3. The minimum atomic E-state index is 0.678. The number of fused-ring (bicyclic) bond motifs is 7. The second-order valence-corrected chi connectivity index (χ2v) is 12.2. The number of hydrogen-bond donors (Lipinski definition) is 0. The molecule has 4 heteroatoms. The van der Waals surface area contributed by atoms with Gasteiger partial charge >= 0.3 is 0 Å². The molecule has 0 N–H and O–H groups in total. The van der Waals surface area contributed by atoms with E-state index in [9.17, 15) is 0 Å². The molecular weight excluding hydrogens is 587 g/mol. The van der Waals surface area contributed by atoms with Crippen molar-refractivity contribution < 1.29 is 4.42 Å². The van der Waals surface area contributed by atoms with Crippen LogP contribution in [0.1, 0.15) is 0 Å². The zero-order valence-electron chi connectivity index (χ0n) is 25.8. The number of hydrogen-bond acceptors (Lipinski definition) is 3. The first-order valence-electron chi connectivity index (χ1n) is 16.2. The first-order valence-corrected chi connectivity index (χ1v) is 16.2. The highest BCUT2D eigenvalue weighted by molar-refractivity contribution is 6.16. The number of nitrogens with zero attached hydrogens (tertiary/aromatic N) is 3. The predicted molar refractivity (Wildman–Crippen MR) is 197 cm³/mol. The lowest BCUT2D eigenvalue weighted by molar-refractivity contribution is 0.669. The topological polar surface area (TPSA) is 43.9 Å². The van der Waals surface area contributed by atoms with E-state index in [-0.39, 0.29) is 0 Å². The van der Waals surface area contributed by atoms with Crippen LogP contribution >= 0.6 is 0 Å². The molecule has 0 aliphatic rings. The van der Waals surface area contributed by atoms with Crippen molar-refractivity contribution in [2.45, 2.75) is 0 Å². The van der Waals surface area contributed by atoms with Crippen LogP contribution in [0.3, 0.4) is 0 Å². The number of benzene rings is 7. The molecule has 3 heterocycles. The van der Waals surface area contributed by atoms with Crippen molar-refractivity contribution in [2.75, 3.05) is 0 Å². The Morgan fingerprint density at radius 2 is 1.17 bits per heavy atom. The van der Waals surface area contributed by atoms with E-state index >= 15 is 0 Å². The van der Waals surface area contributed by atoms with Gasteiger partial charge in [-0.25, -0.2) is 9.97 Å². The SMILES string of the molecule is c1ccc(-c2nc(-c3cccc4oc5ccc(-c6cccc7c8ccccc8n(-c8ccccc8)c67)cc5c34)nc3ccccc23)cc1. The molecule has 10 rings (SSSR count). The van der Waals surface area contributed by atoms with Crippen molar-refractivity contribution >= 4 is 54.6 Å². The van der Waals surface area contributed by atoms with E-state index in [0.717, 1.165) is 66.5 Å². The summed E-state index contributed by atoms with van der Waals surface area (Å²) in [6, 6.07) is 57.2. The minimum Gasteiger partial charge on any atom is -0.456 e. The Balaban J connectivity index is 1.24. The molecule has 0 amide bonds. The number of rotatable bonds is 4. The smallest absolute Gasteiger partial charge is 0.161 e. The lowest BCUT2D eigenvalue weighted by Gasteiger charge is -2.12. The summed E-state index contributed by atoms with van der Waals surface area (Å²) in [5.41, 5.74) is 11.3. The molecule has 224 valence electrons. The summed E-state index contributed by atoms with van der Waals surface area (Å²) in [5, 5.41) is 5.54. The molecule has 7 aromatic carbocycles. The van der Waals surface area contributed by atoms with Gasteiger partial charge in [0.25, 0.3) is 0 Å². The molecule has 4 nitrogen and oxygen atoms in total. The van der Waals surface area contributed by atoms with Gasteiger partial charge in [0.05, 0.1) is 22.2 Å². The van der Waals surface area contributed by atoms with Crippen LogP contribution in [0.2, 0.25) is 0 Å². The molecule has 3 aromatic heterocycles. The number of aromatic nitrogens is 3. The summed E-state index contributed by atoms with van der Waals surface area (Å²) in [5.74, 6) is 0.678. The Labute approximate surface area is 276 Å². The first-order chi connectivity index (χ1) is 23.8. The average molecular weight is 614 g/mol. The minimum absolute atomic E-state index is 0.678. The fourth-order valence-electron chi connectivity index (χ4n) is 7.29. The zero-order chi connectivity index (χ0) is 31.6. The summed E-state index contributed by atoms with van der Waals surface area (Å²) >= 11 is 0. The lowest BCUT2D eigenvalue weighted by Crippen LogP contribution is -1.95. The average Bonchev–Trinajstić information content (AvgIpc) is 3.71. The molecule has 0 aliphatic heterocycles. The Hall–Kier alpha value is -6.52. The van der Waals surface area contributed by atoms with Crippen molar-refractivity contribution in [2.24, 2.45) is 0 Å². The Kier molecular flexibility index (Phi) is 5.84. The summed E-state index contributed by atoms with van der Waals surface area (Å²) in [6.45, 7) is 0. The van der Waals surface area contributed by atoms with Crippen LogP contribution in [0, 0.1) is 0 Å². The third-order valence-corrected chi connectivity index (χ3v) is 9.41. The molecule has 0 saturated heterocycles. The van der Waals surface area contributed by atoms with Gasteiger partial charge in [-0.1, -0.05) is 121 Å². The zero-order valence-corrected chi connectivity index (χ0v) is 25.8. The molecule has 0 saturated carbocycles. The molecule has 0 fully saturated rings. The summed E-state index contributed by atoms with van der Waals surface area (Å²) in [6.07, 6.45) is 0. The second-order valence-electron chi connectivity index (χ2n) is 12.2. The molecule has 0 unspecified atom stereocenters. The van der Waals surface area contributed by atoms with Gasteiger partial charge < -0.3 is 8.98 Å². The highest BCUT2D eigenvalue weighted by Crippen LogP contribution is 2.42. The molecule has 10 aromatic rings. The maximum atomic E-state index is 6.48. The molecule has 0 atom stereocenters. The number of furan rings is 1. The van der Waals surface area contributed by atoms with E-state index in [1.165, 1.54) is 21.8 Å². The van der Waals surface area contributed by atoms with E-state index in [0.29, 0.717) is 5.82 Å². The molecule has 0 spiro atoms. The Morgan fingerprint density at radius 1 is 0.458 bits per heavy atom. The van der Waals surface area contributed by atoms with Crippen LogP contribution in [0.4, 0.5) is 0 Å². The summed E-state index contributed by atoms with van der Waals surface area (Å²) in [7, 11) is 0. The maximum absolute atomic E-state index is 6.48. The molecule has 0 bridgehead atoms. The van der Waals surface area contributed by atoms with Crippen molar-refractivity contribution in [1.29, 1.82) is 0 Å². The third kappa shape index (κ3) is 4.03. The van der Waals surface area contributed by atoms with Gasteiger partial charge in [0.15, 0.2) is 5.82 Å². The Bertz CT molecular complexity index is 2830. The van der Waals surface area contributed by atoms with Crippen LogP contribution in [-0.2, 0) is 0 Å². The standard InChI is InChI=1S/C44H27N3O/c1-3-13-28(14-4-1)42-34-18-7-9-22-37(34)45-44(46-42)35-21-12-24-40-41(35)36-27-29(25-26-39(36)48-40)31-19-11-20-33-32-17-8-10-23-38(32)47(43(31)33)30-15-5-2-6-16-30/h1-27H. The van der Waals surface area contributed by atoms with Crippen LogP contribution in [0.25, 0.3) is 94.1 Å². The van der Waals surface area contributed by atoms with Crippen molar-refractivity contribution in [3.8, 4) is 39.5 Å². The van der Waals surface area contributed by atoms with Gasteiger partial charge in [0.2, 0.25) is 0 Å². The third-order valence-electron chi connectivity index (χ3n) is 9.41. The van der Waals surface area contributed by atoms with E-state index < -0.39 is 0 Å². The fraction of sp³-hybridized carbons (Fsp3) is 0. The van der Waals surface area contributed by atoms with Crippen LogP contribution in [0.5, 0.6) is 0 Å². The van der Waals surface area contributed by atoms with Crippen molar-refractivity contribution in [3.63, 3.8) is 0 Å². The normalized spacial score (nSPS) is 11.8. The molecule has 0 aliphatic carbocycles. The van der Waals surface area contributed by atoms with E-state index in [1.807, 2.05) is 30.3 Å². The van der Waals surface area contributed by atoms with E-state index in [2.05, 4.69) is 138 Å². The monoisotopic (exact) mass is 613 g/mol. The van der Waals surface area contributed by atoms with Crippen LogP contribution in [-0.4, -0.2) is 14.5 Å². The van der Waals surface area contributed by atoms with Gasteiger partial charge in [-0.3, -0.25) is 0 Å². The maximum Gasteiger partial charge on any atom is 0.161 e. The quantitative estimate of drug-likeness (QED) is 0.198. The van der Waals surface area contributed by atoms with Gasteiger partial charge in [-0.05, 0) is 48.0 Å². The predicted octanol–water partition coefficient (Wildman–Crippen LogP) is 11.6. The highest BCUT2D eigenvalue weighted by Gasteiger charge is 2.20. The molecule has 48 heavy (non-hydrogen) atoms. The van der Waals surface area contributed by atoms with Gasteiger partial charge in [-0.2, -0.15) is 0 Å². The summed E-state index contributed by atoms with van der Waals surface area (Å²) < 4.78 is 8.86. The van der Waals surface area contributed by atoms with Gasteiger partial charge in [0, 0.05) is 49.3 Å². The summed E-state index contributed by atoms with van der Waals surface area (Å²) in [4.78, 5) is 10.3. The largest absolute Gasteiger partial charge is 0.456 e. The van der Waals surface area contributed by atoms with Gasteiger partial charge in [0.1, 0.15) is 11.2 Å². The van der Waals surface area contributed by atoms with Crippen LogP contribution in [0.15, 0.2) is 168 Å². The van der Waals surface area contributed by atoms with Gasteiger partial charge in [-0.15, -0.1) is 0 Å². The molecule has 0 radical (unpaired) electrons. The van der Waals surface area contributed by atoms with Crippen molar-refractivity contribution in [1.82, 2.24) is 14.5 Å². The van der Waals surface area contributed by atoms with Crippen LogP contribution < -0.4 is 0 Å². The number of para-hydroxylation sites is 4. The first kappa shape index (κ1) is 26.7. The fourth-order valence-corrected chi connectivity index (χ4v) is 7.29. The van der Waals surface area contributed by atoms with E-state index in [1.54, 1.807) is 0 Å². The Morgan fingerprint density at radius 3 is 2.04 bits per heavy atom.